The van der Waals surface area contributed by atoms with Crippen molar-refractivity contribution in [1.29, 1.82) is 0 Å². The Morgan fingerprint density at radius 3 is 2.58 bits per heavy atom. The number of halogens is 1. The number of imidazole rings is 1. The molecule has 1 aromatic heterocycles. The second-order valence-corrected chi connectivity index (χ2v) is 7.21. The molecule has 2 aliphatic rings. The maximum absolute atomic E-state index is 4.54. The van der Waals surface area contributed by atoms with E-state index in [-0.39, 0.29) is 24.0 Å². The van der Waals surface area contributed by atoms with Gasteiger partial charge in [-0.1, -0.05) is 25.7 Å². The summed E-state index contributed by atoms with van der Waals surface area (Å²) in [5.74, 6) is 1.08. The van der Waals surface area contributed by atoms with Gasteiger partial charge in [0.2, 0.25) is 0 Å². The van der Waals surface area contributed by atoms with Gasteiger partial charge in [-0.05, 0) is 31.1 Å². The summed E-state index contributed by atoms with van der Waals surface area (Å²) in [5.41, 5.74) is 0.552. The standard InChI is InChI=1S/C18H31N5.HI/c1-19-17(21-11-14-22-13-10-20-16-22)23-12-6-9-18(15-23)7-4-2-3-5-8-18;/h10,13,16H,2-9,11-12,14-15H2,1H3,(H,19,21);1H. The third-order valence-electron chi connectivity index (χ3n) is 5.55. The average molecular weight is 445 g/mol. The molecular weight excluding hydrogens is 413 g/mol. The number of nitrogens with zero attached hydrogens (tertiary/aromatic N) is 4. The summed E-state index contributed by atoms with van der Waals surface area (Å²) in [6.45, 7) is 4.16. The van der Waals surface area contributed by atoms with Crippen molar-refractivity contribution in [3.05, 3.63) is 18.7 Å². The van der Waals surface area contributed by atoms with Gasteiger partial charge in [-0.2, -0.15) is 0 Å². The molecule has 2 heterocycles. The summed E-state index contributed by atoms with van der Waals surface area (Å²) in [7, 11) is 1.91. The fraction of sp³-hybridized carbons (Fsp3) is 0.778. The molecule has 1 N–H and O–H groups in total. The number of hydrogen-bond donors (Lipinski definition) is 1. The van der Waals surface area contributed by atoms with E-state index in [0.29, 0.717) is 5.41 Å². The molecule has 1 aliphatic carbocycles. The van der Waals surface area contributed by atoms with Gasteiger partial charge in [-0.15, -0.1) is 24.0 Å². The van der Waals surface area contributed by atoms with Gasteiger partial charge in [0.1, 0.15) is 0 Å². The van der Waals surface area contributed by atoms with Gasteiger partial charge in [0.05, 0.1) is 6.33 Å². The molecule has 3 rings (SSSR count). The van der Waals surface area contributed by atoms with E-state index < -0.39 is 0 Å². The Morgan fingerprint density at radius 2 is 1.92 bits per heavy atom. The Labute approximate surface area is 163 Å². The molecule has 1 aromatic rings. The summed E-state index contributed by atoms with van der Waals surface area (Å²) < 4.78 is 2.10. The lowest BCUT2D eigenvalue weighted by Gasteiger charge is -2.44. The van der Waals surface area contributed by atoms with Crippen LogP contribution in [0.2, 0.25) is 0 Å². The van der Waals surface area contributed by atoms with Crippen molar-refractivity contribution in [1.82, 2.24) is 19.8 Å². The molecular formula is C18H32IN5. The first-order valence-corrected chi connectivity index (χ1v) is 9.23. The van der Waals surface area contributed by atoms with Crippen molar-refractivity contribution in [3.63, 3.8) is 0 Å². The maximum Gasteiger partial charge on any atom is 0.193 e. The molecule has 6 heteroatoms. The largest absolute Gasteiger partial charge is 0.354 e. The van der Waals surface area contributed by atoms with E-state index in [1.165, 1.54) is 57.9 Å². The second kappa shape index (κ2) is 9.63. The fourth-order valence-corrected chi connectivity index (χ4v) is 4.32. The minimum atomic E-state index is 0. The minimum Gasteiger partial charge on any atom is -0.354 e. The van der Waals surface area contributed by atoms with E-state index >= 15 is 0 Å². The highest BCUT2D eigenvalue weighted by Gasteiger charge is 2.36. The SMILES string of the molecule is CN=C(NCCn1ccnc1)N1CCCC2(CCCCCC2)C1.I. The van der Waals surface area contributed by atoms with Gasteiger partial charge in [-0.25, -0.2) is 4.98 Å². The van der Waals surface area contributed by atoms with Gasteiger partial charge in [0.15, 0.2) is 5.96 Å². The van der Waals surface area contributed by atoms with Crippen LogP contribution in [-0.4, -0.2) is 47.1 Å². The molecule has 0 aromatic carbocycles. The molecule has 2 fully saturated rings. The Hall–Kier alpha value is -0.790. The normalized spacial score (nSPS) is 21.2. The molecule has 1 saturated carbocycles. The van der Waals surface area contributed by atoms with E-state index in [0.717, 1.165) is 25.6 Å². The summed E-state index contributed by atoms with van der Waals surface area (Å²) in [6.07, 6.45) is 16.9. The summed E-state index contributed by atoms with van der Waals surface area (Å²) in [6, 6.07) is 0. The zero-order valence-electron chi connectivity index (χ0n) is 14.9. The highest BCUT2D eigenvalue weighted by atomic mass is 127. The number of hydrogen-bond acceptors (Lipinski definition) is 2. The predicted octanol–water partition coefficient (Wildman–Crippen LogP) is 3.51. The van der Waals surface area contributed by atoms with Gasteiger partial charge in [0, 0.05) is 45.6 Å². The van der Waals surface area contributed by atoms with Crippen molar-refractivity contribution < 1.29 is 0 Å². The van der Waals surface area contributed by atoms with E-state index in [1.54, 1.807) is 0 Å². The number of aromatic nitrogens is 2. The van der Waals surface area contributed by atoms with E-state index in [1.807, 2.05) is 25.8 Å². The van der Waals surface area contributed by atoms with Crippen molar-refractivity contribution >= 4 is 29.9 Å². The Morgan fingerprint density at radius 1 is 1.17 bits per heavy atom. The summed E-state index contributed by atoms with van der Waals surface area (Å²) >= 11 is 0. The number of piperidine rings is 1. The van der Waals surface area contributed by atoms with Crippen molar-refractivity contribution in [3.8, 4) is 0 Å². The maximum atomic E-state index is 4.54. The van der Waals surface area contributed by atoms with Gasteiger partial charge < -0.3 is 14.8 Å². The second-order valence-electron chi connectivity index (χ2n) is 7.21. The van der Waals surface area contributed by atoms with Crippen LogP contribution in [0.3, 0.4) is 0 Å². The molecule has 0 amide bonds. The van der Waals surface area contributed by atoms with Crippen LogP contribution >= 0.6 is 24.0 Å². The van der Waals surface area contributed by atoms with Crippen LogP contribution in [-0.2, 0) is 6.54 Å². The lowest BCUT2D eigenvalue weighted by atomic mass is 9.74. The van der Waals surface area contributed by atoms with Crippen LogP contribution < -0.4 is 5.32 Å². The van der Waals surface area contributed by atoms with Crippen LogP contribution in [0, 0.1) is 5.41 Å². The van der Waals surface area contributed by atoms with Gasteiger partial charge in [0.25, 0.3) is 0 Å². The molecule has 0 unspecified atom stereocenters. The van der Waals surface area contributed by atoms with Gasteiger partial charge in [-0.3, -0.25) is 4.99 Å². The monoisotopic (exact) mass is 445 g/mol. The molecule has 1 aliphatic heterocycles. The minimum absolute atomic E-state index is 0. The predicted molar refractivity (Wildman–Crippen MR) is 110 cm³/mol. The van der Waals surface area contributed by atoms with Crippen LogP contribution in [0.15, 0.2) is 23.7 Å². The Balaban J connectivity index is 0.00000208. The Kier molecular flexibility index (Phi) is 7.84. The molecule has 0 bridgehead atoms. The lowest BCUT2D eigenvalue weighted by Crippen LogP contribution is -2.51. The Bertz CT molecular complexity index is 492. The zero-order valence-corrected chi connectivity index (χ0v) is 17.2. The first-order chi connectivity index (χ1) is 11.3. The first-order valence-electron chi connectivity index (χ1n) is 9.23. The summed E-state index contributed by atoms with van der Waals surface area (Å²) in [5, 5.41) is 3.54. The fourth-order valence-electron chi connectivity index (χ4n) is 4.32. The molecule has 1 spiro atoms. The number of guanidine groups is 1. The number of likely N-dealkylation sites (tertiary alicyclic amines) is 1. The molecule has 24 heavy (non-hydrogen) atoms. The number of aliphatic imine (C=N–C) groups is 1. The topological polar surface area (TPSA) is 45.5 Å². The third kappa shape index (κ3) is 5.10. The van der Waals surface area contributed by atoms with Crippen molar-refractivity contribution in [2.75, 3.05) is 26.7 Å². The van der Waals surface area contributed by atoms with Crippen LogP contribution in [0.1, 0.15) is 51.4 Å². The highest BCUT2D eigenvalue weighted by molar-refractivity contribution is 14.0. The van der Waals surface area contributed by atoms with Crippen molar-refractivity contribution in [2.45, 2.75) is 57.9 Å². The molecule has 0 radical (unpaired) electrons. The lowest BCUT2D eigenvalue weighted by molar-refractivity contribution is 0.115. The molecule has 5 nitrogen and oxygen atoms in total. The van der Waals surface area contributed by atoms with E-state index in [2.05, 4.69) is 24.8 Å². The molecule has 136 valence electrons. The summed E-state index contributed by atoms with van der Waals surface area (Å²) in [4.78, 5) is 11.1. The third-order valence-corrected chi connectivity index (χ3v) is 5.55. The molecule has 1 saturated heterocycles. The zero-order chi connectivity index (χ0) is 16.0. The van der Waals surface area contributed by atoms with Crippen LogP contribution in [0.25, 0.3) is 0 Å². The van der Waals surface area contributed by atoms with Crippen LogP contribution in [0.4, 0.5) is 0 Å². The van der Waals surface area contributed by atoms with E-state index in [9.17, 15) is 0 Å². The molecule has 0 atom stereocenters. The van der Waals surface area contributed by atoms with Gasteiger partial charge >= 0.3 is 0 Å². The average Bonchev–Trinajstić information content (AvgIpc) is 2.99. The first kappa shape index (κ1) is 19.5. The van der Waals surface area contributed by atoms with Crippen LogP contribution in [0.5, 0.6) is 0 Å². The van der Waals surface area contributed by atoms with E-state index in [4.69, 9.17) is 0 Å². The van der Waals surface area contributed by atoms with Crippen molar-refractivity contribution in [2.24, 2.45) is 10.4 Å². The quantitative estimate of drug-likeness (QED) is 0.440. The number of nitrogens with one attached hydrogen (secondary N) is 1. The number of rotatable bonds is 3. The smallest absolute Gasteiger partial charge is 0.193 e. The highest BCUT2D eigenvalue weighted by Crippen LogP contribution is 2.42.